The molecular weight excluding hydrogens is 326 g/mol. The molecule has 0 aliphatic heterocycles. The number of hydrogen-bond acceptors (Lipinski definition) is 2. The Bertz CT molecular complexity index is 791. The van der Waals surface area contributed by atoms with Crippen LogP contribution in [-0.2, 0) is 0 Å². The molecule has 0 saturated heterocycles. The summed E-state index contributed by atoms with van der Waals surface area (Å²) in [4.78, 5) is 0. The van der Waals surface area contributed by atoms with Crippen molar-refractivity contribution in [2.45, 2.75) is 19.9 Å². The van der Waals surface area contributed by atoms with Crippen LogP contribution in [0.2, 0.25) is 0 Å². The van der Waals surface area contributed by atoms with Gasteiger partial charge in [0.25, 0.3) is 0 Å². The molecule has 1 atom stereocenters. The summed E-state index contributed by atoms with van der Waals surface area (Å²) in [5.41, 5.74) is 4.63. The molecule has 1 N–H and O–H groups in total. The molecule has 1 aromatic heterocycles. The minimum atomic E-state index is 0.0511. The van der Waals surface area contributed by atoms with E-state index < -0.39 is 0 Å². The van der Waals surface area contributed by atoms with E-state index in [0.717, 1.165) is 21.2 Å². The van der Waals surface area contributed by atoms with Gasteiger partial charge in [-0.15, -0.1) is 0 Å². The molecule has 0 aliphatic rings. The van der Waals surface area contributed by atoms with Crippen LogP contribution in [0.25, 0.3) is 11.0 Å². The van der Waals surface area contributed by atoms with Crippen LogP contribution in [0.5, 0.6) is 0 Å². The van der Waals surface area contributed by atoms with E-state index in [-0.39, 0.29) is 6.04 Å². The van der Waals surface area contributed by atoms with Crippen LogP contribution in [0.1, 0.15) is 28.5 Å². The lowest BCUT2D eigenvalue weighted by molar-refractivity contribution is 0.490. The summed E-state index contributed by atoms with van der Waals surface area (Å²) in [6, 6.07) is 14.7. The van der Waals surface area contributed by atoms with Gasteiger partial charge in [-0.3, -0.25) is 0 Å². The molecule has 1 heterocycles. The van der Waals surface area contributed by atoms with Crippen molar-refractivity contribution in [3.05, 3.63) is 69.4 Å². The largest absolute Gasteiger partial charge is 0.459 e. The zero-order chi connectivity index (χ0) is 15.0. The molecule has 108 valence electrons. The molecule has 1 unspecified atom stereocenters. The Morgan fingerprint density at radius 2 is 1.90 bits per heavy atom. The standard InChI is InChI=1S/C18H18BrNO/c1-11-7-8-16-13(9-11)10-17(21-16)18(20-3)14-5-4-6-15(19)12(14)2/h4-10,18,20H,1-3H3. The van der Waals surface area contributed by atoms with E-state index in [4.69, 9.17) is 4.42 Å². The summed E-state index contributed by atoms with van der Waals surface area (Å²) in [6.07, 6.45) is 0. The van der Waals surface area contributed by atoms with Crippen LogP contribution >= 0.6 is 15.9 Å². The van der Waals surface area contributed by atoms with Crippen LogP contribution in [0.15, 0.2) is 51.4 Å². The Morgan fingerprint density at radius 3 is 2.67 bits per heavy atom. The van der Waals surface area contributed by atoms with Crippen LogP contribution in [0.3, 0.4) is 0 Å². The second kappa shape index (κ2) is 5.66. The van der Waals surface area contributed by atoms with Gasteiger partial charge >= 0.3 is 0 Å². The lowest BCUT2D eigenvalue weighted by Gasteiger charge is -2.17. The third-order valence-electron chi connectivity index (χ3n) is 3.88. The first-order chi connectivity index (χ1) is 10.1. The van der Waals surface area contributed by atoms with Crippen LogP contribution in [0.4, 0.5) is 0 Å². The number of furan rings is 1. The Morgan fingerprint density at radius 1 is 1.10 bits per heavy atom. The minimum absolute atomic E-state index is 0.0511. The second-order valence-electron chi connectivity index (χ2n) is 5.37. The Kier molecular flexibility index (Phi) is 3.87. The second-order valence-corrected chi connectivity index (χ2v) is 6.22. The maximum absolute atomic E-state index is 6.05. The Labute approximate surface area is 133 Å². The number of aryl methyl sites for hydroxylation is 1. The van der Waals surface area contributed by atoms with Crippen molar-refractivity contribution in [3.63, 3.8) is 0 Å². The highest BCUT2D eigenvalue weighted by atomic mass is 79.9. The number of benzene rings is 2. The SMILES string of the molecule is CNC(c1cc2cc(C)ccc2o1)c1cccc(Br)c1C. The molecule has 0 radical (unpaired) electrons. The van der Waals surface area contributed by atoms with Crippen molar-refractivity contribution in [2.75, 3.05) is 7.05 Å². The lowest BCUT2D eigenvalue weighted by atomic mass is 9.99. The highest BCUT2D eigenvalue weighted by Gasteiger charge is 2.19. The van der Waals surface area contributed by atoms with Gasteiger partial charge in [-0.05, 0) is 56.3 Å². The fourth-order valence-electron chi connectivity index (χ4n) is 2.71. The predicted octanol–water partition coefficient (Wildman–Crippen LogP) is 5.12. The summed E-state index contributed by atoms with van der Waals surface area (Å²) >= 11 is 3.60. The van der Waals surface area contributed by atoms with E-state index in [1.54, 1.807) is 0 Å². The lowest BCUT2D eigenvalue weighted by Crippen LogP contribution is -2.18. The van der Waals surface area contributed by atoms with Gasteiger partial charge in [-0.1, -0.05) is 39.7 Å². The third-order valence-corrected chi connectivity index (χ3v) is 4.74. The highest BCUT2D eigenvalue weighted by molar-refractivity contribution is 9.10. The molecule has 0 aliphatic carbocycles. The normalized spacial score (nSPS) is 12.8. The summed E-state index contributed by atoms with van der Waals surface area (Å²) < 4.78 is 7.17. The molecule has 21 heavy (non-hydrogen) atoms. The molecule has 0 bridgehead atoms. The van der Waals surface area contributed by atoms with E-state index >= 15 is 0 Å². The van der Waals surface area contributed by atoms with Gasteiger partial charge in [0.2, 0.25) is 0 Å². The van der Waals surface area contributed by atoms with Gasteiger partial charge in [-0.2, -0.15) is 0 Å². The van der Waals surface area contributed by atoms with Crippen LogP contribution in [0, 0.1) is 13.8 Å². The van der Waals surface area contributed by atoms with Crippen LogP contribution in [-0.4, -0.2) is 7.05 Å². The Balaban J connectivity index is 2.11. The quantitative estimate of drug-likeness (QED) is 0.713. The van der Waals surface area contributed by atoms with Gasteiger partial charge in [0, 0.05) is 9.86 Å². The van der Waals surface area contributed by atoms with E-state index in [9.17, 15) is 0 Å². The van der Waals surface area contributed by atoms with Crippen molar-refractivity contribution >= 4 is 26.9 Å². The third kappa shape index (κ3) is 2.63. The van der Waals surface area contributed by atoms with E-state index in [2.05, 4.69) is 71.5 Å². The molecule has 3 rings (SSSR count). The smallest absolute Gasteiger partial charge is 0.134 e. The van der Waals surface area contributed by atoms with E-state index in [1.165, 1.54) is 16.7 Å². The van der Waals surface area contributed by atoms with Crippen molar-refractivity contribution in [1.29, 1.82) is 0 Å². The molecule has 3 heteroatoms. The van der Waals surface area contributed by atoms with E-state index in [1.807, 2.05) is 13.1 Å². The van der Waals surface area contributed by atoms with Gasteiger partial charge in [-0.25, -0.2) is 0 Å². The van der Waals surface area contributed by atoms with Crippen molar-refractivity contribution in [1.82, 2.24) is 5.32 Å². The zero-order valence-electron chi connectivity index (χ0n) is 12.4. The topological polar surface area (TPSA) is 25.2 Å². The molecular formula is C18H18BrNO. The number of fused-ring (bicyclic) bond motifs is 1. The van der Waals surface area contributed by atoms with Gasteiger partial charge in [0.15, 0.2) is 0 Å². The molecule has 0 amide bonds. The van der Waals surface area contributed by atoms with Gasteiger partial charge < -0.3 is 9.73 Å². The fraction of sp³-hybridized carbons (Fsp3) is 0.222. The number of hydrogen-bond donors (Lipinski definition) is 1. The van der Waals surface area contributed by atoms with E-state index in [0.29, 0.717) is 0 Å². The predicted molar refractivity (Wildman–Crippen MR) is 90.7 cm³/mol. The average Bonchev–Trinajstić information content (AvgIpc) is 2.87. The number of nitrogens with one attached hydrogen (secondary N) is 1. The van der Waals surface area contributed by atoms with Gasteiger partial charge in [0.05, 0.1) is 6.04 Å². The first-order valence-electron chi connectivity index (χ1n) is 7.02. The van der Waals surface area contributed by atoms with Crippen molar-refractivity contribution < 1.29 is 4.42 Å². The average molecular weight is 344 g/mol. The summed E-state index contributed by atoms with van der Waals surface area (Å²) in [6.45, 7) is 4.22. The summed E-state index contributed by atoms with van der Waals surface area (Å²) in [5, 5.41) is 4.51. The first-order valence-corrected chi connectivity index (χ1v) is 7.82. The zero-order valence-corrected chi connectivity index (χ0v) is 14.0. The molecule has 0 fully saturated rings. The fourth-order valence-corrected chi connectivity index (χ4v) is 3.10. The molecule has 0 spiro atoms. The summed E-state index contributed by atoms with van der Waals surface area (Å²) in [7, 11) is 1.96. The minimum Gasteiger partial charge on any atom is -0.459 e. The van der Waals surface area contributed by atoms with Crippen LogP contribution < -0.4 is 5.32 Å². The molecule has 3 aromatic rings. The molecule has 2 nitrogen and oxygen atoms in total. The Hall–Kier alpha value is -1.58. The van der Waals surface area contributed by atoms with Crippen molar-refractivity contribution in [3.8, 4) is 0 Å². The molecule has 0 saturated carbocycles. The van der Waals surface area contributed by atoms with Gasteiger partial charge in [0.1, 0.15) is 11.3 Å². The monoisotopic (exact) mass is 343 g/mol. The van der Waals surface area contributed by atoms with Crippen molar-refractivity contribution in [2.24, 2.45) is 0 Å². The first kappa shape index (κ1) is 14.4. The number of rotatable bonds is 3. The molecule has 2 aromatic carbocycles. The maximum Gasteiger partial charge on any atom is 0.134 e. The highest BCUT2D eigenvalue weighted by Crippen LogP contribution is 2.32. The maximum atomic E-state index is 6.05. The summed E-state index contributed by atoms with van der Waals surface area (Å²) in [5.74, 6) is 0.944. The number of halogens is 1.